The SMILES string of the molecule is Cc1cc(OCC2(CC(N)=O)CN(C(=O)C(C)C)CCO2)ccc1Cl. The van der Waals surface area contributed by atoms with Crippen LogP contribution in [-0.2, 0) is 14.3 Å². The first-order valence-corrected chi connectivity index (χ1v) is 8.70. The molecule has 7 heteroatoms. The first-order valence-electron chi connectivity index (χ1n) is 8.32. The summed E-state index contributed by atoms with van der Waals surface area (Å²) in [5.41, 5.74) is 5.36. The summed E-state index contributed by atoms with van der Waals surface area (Å²) in [5, 5.41) is 0.654. The summed E-state index contributed by atoms with van der Waals surface area (Å²) in [5.74, 6) is 0.0417. The highest BCUT2D eigenvalue weighted by molar-refractivity contribution is 6.31. The number of ether oxygens (including phenoxy) is 2. The number of hydrogen-bond acceptors (Lipinski definition) is 4. The molecule has 1 aromatic rings. The first-order chi connectivity index (χ1) is 11.7. The molecule has 25 heavy (non-hydrogen) atoms. The summed E-state index contributed by atoms with van der Waals surface area (Å²) < 4.78 is 11.7. The molecule has 0 bridgehead atoms. The summed E-state index contributed by atoms with van der Waals surface area (Å²) in [6, 6.07) is 5.33. The summed E-state index contributed by atoms with van der Waals surface area (Å²) in [7, 11) is 0. The summed E-state index contributed by atoms with van der Waals surface area (Å²) in [4.78, 5) is 25.6. The van der Waals surface area contributed by atoms with Crippen LogP contribution in [0.1, 0.15) is 25.8 Å². The van der Waals surface area contributed by atoms with Crippen LogP contribution in [0.15, 0.2) is 18.2 Å². The van der Waals surface area contributed by atoms with Gasteiger partial charge >= 0.3 is 0 Å². The highest BCUT2D eigenvalue weighted by Gasteiger charge is 2.41. The van der Waals surface area contributed by atoms with Gasteiger partial charge in [-0.2, -0.15) is 0 Å². The number of nitrogens with zero attached hydrogens (tertiary/aromatic N) is 1. The number of carbonyl (C=O) groups excluding carboxylic acids is 2. The van der Waals surface area contributed by atoms with Crippen molar-refractivity contribution in [2.24, 2.45) is 11.7 Å². The van der Waals surface area contributed by atoms with Crippen molar-refractivity contribution in [1.82, 2.24) is 4.90 Å². The van der Waals surface area contributed by atoms with Crippen molar-refractivity contribution in [2.75, 3.05) is 26.3 Å². The smallest absolute Gasteiger partial charge is 0.225 e. The molecule has 1 saturated heterocycles. The molecule has 1 atom stereocenters. The van der Waals surface area contributed by atoms with Crippen LogP contribution in [0.3, 0.4) is 0 Å². The standard InChI is InChI=1S/C18H25ClN2O4/c1-12(2)17(23)21-6-7-25-18(10-21,9-16(20)22)11-24-14-4-5-15(19)13(3)8-14/h4-5,8,12H,6-7,9-11H2,1-3H3,(H2,20,22). The van der Waals surface area contributed by atoms with Crippen LogP contribution in [0, 0.1) is 12.8 Å². The van der Waals surface area contributed by atoms with Crippen LogP contribution in [0.4, 0.5) is 0 Å². The Labute approximate surface area is 153 Å². The normalized spacial score (nSPS) is 20.6. The number of carbonyl (C=O) groups is 2. The van der Waals surface area contributed by atoms with Crippen LogP contribution >= 0.6 is 11.6 Å². The lowest BCUT2D eigenvalue weighted by atomic mass is 9.96. The number of rotatable bonds is 6. The van der Waals surface area contributed by atoms with Gasteiger partial charge in [0.05, 0.1) is 19.6 Å². The van der Waals surface area contributed by atoms with Crippen LogP contribution in [0.5, 0.6) is 5.75 Å². The molecule has 2 N–H and O–H groups in total. The largest absolute Gasteiger partial charge is 0.490 e. The van der Waals surface area contributed by atoms with E-state index in [1.807, 2.05) is 26.8 Å². The van der Waals surface area contributed by atoms with Crippen molar-refractivity contribution in [2.45, 2.75) is 32.8 Å². The lowest BCUT2D eigenvalue weighted by molar-refractivity contribution is -0.163. The number of primary amides is 1. The first kappa shape index (κ1) is 19.5. The maximum absolute atomic E-state index is 12.3. The zero-order chi connectivity index (χ0) is 18.6. The number of halogens is 1. The van der Waals surface area contributed by atoms with Crippen molar-refractivity contribution < 1.29 is 19.1 Å². The van der Waals surface area contributed by atoms with Gasteiger partial charge in [-0.1, -0.05) is 25.4 Å². The molecule has 1 aromatic carbocycles. The topological polar surface area (TPSA) is 81.9 Å². The second kappa shape index (κ2) is 8.06. The number of aryl methyl sites for hydroxylation is 1. The fraction of sp³-hybridized carbons (Fsp3) is 0.556. The molecule has 1 aliphatic heterocycles. The average Bonchev–Trinajstić information content (AvgIpc) is 2.55. The van der Waals surface area contributed by atoms with Gasteiger partial charge in [0.15, 0.2) is 0 Å². The Hall–Kier alpha value is -1.79. The second-order valence-corrected chi connectivity index (χ2v) is 7.20. The van der Waals surface area contributed by atoms with E-state index in [2.05, 4.69) is 0 Å². The summed E-state index contributed by atoms with van der Waals surface area (Å²) in [6.45, 7) is 6.82. The lowest BCUT2D eigenvalue weighted by Gasteiger charge is -2.42. The molecule has 2 amide bonds. The van der Waals surface area contributed by atoms with Gasteiger partial charge in [0.1, 0.15) is 18.0 Å². The molecule has 0 saturated carbocycles. The molecule has 0 radical (unpaired) electrons. The fourth-order valence-electron chi connectivity index (χ4n) is 2.88. The van der Waals surface area contributed by atoms with Crippen molar-refractivity contribution in [3.8, 4) is 5.75 Å². The Morgan fingerprint density at radius 1 is 1.44 bits per heavy atom. The van der Waals surface area contributed by atoms with Gasteiger partial charge in [0.25, 0.3) is 0 Å². The van der Waals surface area contributed by atoms with Crippen molar-refractivity contribution in [3.05, 3.63) is 28.8 Å². The number of benzene rings is 1. The van der Waals surface area contributed by atoms with E-state index in [0.29, 0.717) is 23.9 Å². The fourth-order valence-corrected chi connectivity index (χ4v) is 3.00. The third-order valence-electron chi connectivity index (χ3n) is 4.18. The number of hydrogen-bond donors (Lipinski definition) is 1. The Morgan fingerprint density at radius 2 is 2.16 bits per heavy atom. The lowest BCUT2D eigenvalue weighted by Crippen LogP contribution is -2.58. The molecule has 1 heterocycles. The van der Waals surface area contributed by atoms with Crippen molar-refractivity contribution in [1.29, 1.82) is 0 Å². The van der Waals surface area contributed by atoms with E-state index in [4.69, 9.17) is 26.8 Å². The van der Waals surface area contributed by atoms with E-state index >= 15 is 0 Å². The zero-order valence-corrected chi connectivity index (χ0v) is 15.6. The minimum Gasteiger partial charge on any atom is -0.490 e. The zero-order valence-electron chi connectivity index (χ0n) is 14.9. The molecular formula is C18H25ClN2O4. The Kier molecular flexibility index (Phi) is 6.30. The molecule has 1 unspecified atom stereocenters. The van der Waals surface area contributed by atoms with Gasteiger partial charge in [-0.15, -0.1) is 0 Å². The van der Waals surface area contributed by atoms with E-state index in [1.165, 1.54) is 0 Å². The van der Waals surface area contributed by atoms with Gasteiger partial charge in [0, 0.05) is 17.5 Å². The van der Waals surface area contributed by atoms with Crippen LogP contribution < -0.4 is 10.5 Å². The number of morpholine rings is 1. The molecule has 1 fully saturated rings. The van der Waals surface area contributed by atoms with Crippen LogP contribution in [0.25, 0.3) is 0 Å². The summed E-state index contributed by atoms with van der Waals surface area (Å²) >= 11 is 6.02. The average molecular weight is 369 g/mol. The van der Waals surface area contributed by atoms with Crippen LogP contribution in [0.2, 0.25) is 5.02 Å². The minimum absolute atomic E-state index is 0.0125. The van der Waals surface area contributed by atoms with Crippen molar-refractivity contribution >= 4 is 23.4 Å². The molecule has 138 valence electrons. The molecule has 0 spiro atoms. The van der Waals surface area contributed by atoms with Gasteiger partial charge in [-0.3, -0.25) is 9.59 Å². The highest BCUT2D eigenvalue weighted by atomic mass is 35.5. The number of amides is 2. The quantitative estimate of drug-likeness (QED) is 0.834. The molecule has 0 aliphatic carbocycles. The van der Waals surface area contributed by atoms with E-state index in [-0.39, 0.29) is 31.4 Å². The van der Waals surface area contributed by atoms with Gasteiger partial charge < -0.3 is 20.1 Å². The Bertz CT molecular complexity index is 650. The van der Waals surface area contributed by atoms with Crippen molar-refractivity contribution in [3.63, 3.8) is 0 Å². The maximum Gasteiger partial charge on any atom is 0.225 e. The molecule has 1 aliphatic rings. The third-order valence-corrected chi connectivity index (χ3v) is 4.61. The van der Waals surface area contributed by atoms with Gasteiger partial charge in [-0.25, -0.2) is 0 Å². The predicted molar refractivity (Wildman–Crippen MR) is 95.6 cm³/mol. The Morgan fingerprint density at radius 3 is 2.76 bits per heavy atom. The van der Waals surface area contributed by atoms with E-state index < -0.39 is 11.5 Å². The Balaban J connectivity index is 2.14. The maximum atomic E-state index is 12.3. The molecule has 2 rings (SSSR count). The van der Waals surface area contributed by atoms with Crippen LogP contribution in [-0.4, -0.2) is 48.6 Å². The van der Waals surface area contributed by atoms with E-state index in [0.717, 1.165) is 5.56 Å². The van der Waals surface area contributed by atoms with Gasteiger partial charge in [-0.05, 0) is 30.7 Å². The van der Waals surface area contributed by atoms with E-state index in [1.54, 1.807) is 17.0 Å². The molecule has 0 aromatic heterocycles. The monoisotopic (exact) mass is 368 g/mol. The summed E-state index contributed by atoms with van der Waals surface area (Å²) in [6.07, 6.45) is -0.0125. The molecular weight excluding hydrogens is 344 g/mol. The highest BCUT2D eigenvalue weighted by Crippen LogP contribution is 2.27. The molecule has 6 nitrogen and oxygen atoms in total. The number of nitrogens with two attached hydrogens (primary N) is 1. The second-order valence-electron chi connectivity index (χ2n) is 6.79. The minimum atomic E-state index is -0.942. The van der Waals surface area contributed by atoms with Gasteiger partial charge in [0.2, 0.25) is 11.8 Å². The predicted octanol–water partition coefficient (Wildman–Crippen LogP) is 2.16. The third kappa shape index (κ3) is 5.09. The van der Waals surface area contributed by atoms with E-state index in [9.17, 15) is 9.59 Å².